The molecule has 1 aliphatic rings. The van der Waals surface area contributed by atoms with E-state index in [-0.39, 0.29) is 11.9 Å². The van der Waals surface area contributed by atoms with E-state index in [0.717, 1.165) is 30.8 Å². The third-order valence-corrected chi connectivity index (χ3v) is 6.25. The van der Waals surface area contributed by atoms with Gasteiger partial charge in [0.25, 0.3) is 0 Å². The molecular formula is C24H26N2O2S. The van der Waals surface area contributed by atoms with Crippen LogP contribution in [0.2, 0.25) is 0 Å². The normalized spacial score (nSPS) is 14.8. The molecule has 0 radical (unpaired) electrons. The fourth-order valence-electron chi connectivity index (χ4n) is 3.91. The fraction of sp³-hybridized carbons (Fsp3) is 0.292. The summed E-state index contributed by atoms with van der Waals surface area (Å²) in [5.41, 5.74) is 5.10. The summed E-state index contributed by atoms with van der Waals surface area (Å²) in [7, 11) is 1.64. The summed E-state index contributed by atoms with van der Waals surface area (Å²) in [5.74, 6) is 0.852. The molecule has 29 heavy (non-hydrogen) atoms. The van der Waals surface area contributed by atoms with Gasteiger partial charge in [0.15, 0.2) is 0 Å². The summed E-state index contributed by atoms with van der Waals surface area (Å²) in [6, 6.07) is 18.7. The van der Waals surface area contributed by atoms with Gasteiger partial charge in [-0.1, -0.05) is 36.4 Å². The van der Waals surface area contributed by atoms with Crippen LogP contribution in [0.15, 0.2) is 65.4 Å². The highest BCUT2D eigenvalue weighted by Crippen LogP contribution is 2.28. The number of benzene rings is 2. The second-order valence-electron chi connectivity index (χ2n) is 7.39. The number of amides is 1. The van der Waals surface area contributed by atoms with E-state index in [1.54, 1.807) is 18.4 Å². The van der Waals surface area contributed by atoms with Crippen molar-refractivity contribution < 1.29 is 9.53 Å². The molecule has 4 rings (SSSR count). The van der Waals surface area contributed by atoms with Crippen LogP contribution in [-0.2, 0) is 24.2 Å². The maximum absolute atomic E-state index is 12.6. The first kappa shape index (κ1) is 19.7. The van der Waals surface area contributed by atoms with Gasteiger partial charge in [0.05, 0.1) is 19.6 Å². The van der Waals surface area contributed by atoms with Gasteiger partial charge >= 0.3 is 0 Å². The molecule has 0 fully saturated rings. The van der Waals surface area contributed by atoms with Crippen molar-refractivity contribution in [3.8, 4) is 5.75 Å². The first-order valence-corrected chi connectivity index (χ1v) is 10.9. The summed E-state index contributed by atoms with van der Waals surface area (Å²) < 4.78 is 5.18. The summed E-state index contributed by atoms with van der Waals surface area (Å²) in [6.07, 6.45) is 1.43. The van der Waals surface area contributed by atoms with E-state index >= 15 is 0 Å². The third-order valence-electron chi connectivity index (χ3n) is 5.55. The molecule has 150 valence electrons. The third kappa shape index (κ3) is 4.86. The number of ether oxygens (including phenoxy) is 1. The molecule has 0 saturated heterocycles. The maximum atomic E-state index is 12.6. The number of thiophene rings is 1. The van der Waals surface area contributed by atoms with Crippen LogP contribution in [0.25, 0.3) is 0 Å². The number of nitrogens with one attached hydrogen (secondary N) is 1. The summed E-state index contributed by atoms with van der Waals surface area (Å²) in [5, 5.41) is 7.47. The lowest BCUT2D eigenvalue weighted by Crippen LogP contribution is -2.40. The van der Waals surface area contributed by atoms with Gasteiger partial charge in [0.1, 0.15) is 5.75 Å². The lowest BCUT2D eigenvalue weighted by atomic mass is 9.97. The van der Waals surface area contributed by atoms with Crippen molar-refractivity contribution in [1.82, 2.24) is 10.2 Å². The summed E-state index contributed by atoms with van der Waals surface area (Å²) >= 11 is 1.71. The molecule has 0 unspecified atom stereocenters. The topological polar surface area (TPSA) is 41.6 Å². The lowest BCUT2D eigenvalue weighted by molar-refractivity contribution is -0.120. The molecule has 1 atom stereocenters. The molecule has 0 aliphatic carbocycles. The SMILES string of the molecule is COc1ccc(CC(=O)NC[C@H](c2ccsc2)N2CCc3ccccc3C2)cc1. The van der Waals surface area contributed by atoms with Crippen LogP contribution in [0.5, 0.6) is 5.75 Å². The Hall–Kier alpha value is -2.63. The van der Waals surface area contributed by atoms with E-state index in [9.17, 15) is 4.79 Å². The number of carbonyl (C=O) groups is 1. The number of hydrogen-bond donors (Lipinski definition) is 1. The molecule has 5 heteroatoms. The van der Waals surface area contributed by atoms with E-state index in [1.807, 2.05) is 24.3 Å². The molecule has 3 aromatic rings. The van der Waals surface area contributed by atoms with Gasteiger partial charge in [-0.2, -0.15) is 11.3 Å². The van der Waals surface area contributed by atoms with Crippen molar-refractivity contribution >= 4 is 17.2 Å². The number of methoxy groups -OCH3 is 1. The number of nitrogens with zero attached hydrogens (tertiary/aromatic N) is 1. The molecule has 0 spiro atoms. The first-order chi connectivity index (χ1) is 14.2. The van der Waals surface area contributed by atoms with Crippen LogP contribution < -0.4 is 10.1 Å². The number of fused-ring (bicyclic) bond motifs is 1. The van der Waals surface area contributed by atoms with Gasteiger partial charge < -0.3 is 10.1 Å². The quantitative estimate of drug-likeness (QED) is 0.639. The highest BCUT2D eigenvalue weighted by Gasteiger charge is 2.25. The Bertz CT molecular complexity index is 938. The van der Waals surface area contributed by atoms with Crippen molar-refractivity contribution in [3.05, 3.63) is 87.6 Å². The second kappa shape index (κ2) is 9.25. The predicted octanol–water partition coefficient (Wildman–Crippen LogP) is 4.22. The van der Waals surface area contributed by atoms with E-state index in [2.05, 4.69) is 51.3 Å². The predicted molar refractivity (Wildman–Crippen MR) is 117 cm³/mol. The van der Waals surface area contributed by atoms with Crippen molar-refractivity contribution in [2.45, 2.75) is 25.4 Å². The molecule has 0 bridgehead atoms. The molecule has 2 heterocycles. The first-order valence-electron chi connectivity index (χ1n) is 9.95. The molecule has 1 aromatic heterocycles. The zero-order chi connectivity index (χ0) is 20.1. The van der Waals surface area contributed by atoms with Crippen molar-refractivity contribution in [3.63, 3.8) is 0 Å². The average Bonchev–Trinajstić information content (AvgIpc) is 3.29. The van der Waals surface area contributed by atoms with Crippen LogP contribution in [0, 0.1) is 0 Å². The highest BCUT2D eigenvalue weighted by atomic mass is 32.1. The molecule has 4 nitrogen and oxygen atoms in total. The van der Waals surface area contributed by atoms with Crippen LogP contribution in [0.3, 0.4) is 0 Å². The molecule has 0 saturated carbocycles. The molecular weight excluding hydrogens is 380 g/mol. The fourth-order valence-corrected chi connectivity index (χ4v) is 4.61. The molecule has 1 N–H and O–H groups in total. The smallest absolute Gasteiger partial charge is 0.224 e. The van der Waals surface area contributed by atoms with Crippen LogP contribution in [0.1, 0.15) is 28.3 Å². The number of carbonyl (C=O) groups excluding carboxylic acids is 1. The minimum Gasteiger partial charge on any atom is -0.497 e. The van der Waals surface area contributed by atoms with Crippen LogP contribution in [0.4, 0.5) is 0 Å². The van der Waals surface area contributed by atoms with Crippen LogP contribution in [-0.4, -0.2) is 31.0 Å². The van der Waals surface area contributed by atoms with Gasteiger partial charge in [-0.15, -0.1) is 0 Å². The zero-order valence-electron chi connectivity index (χ0n) is 16.6. The standard InChI is InChI=1S/C24H26N2O2S/c1-28-22-8-6-18(7-9-22)14-24(27)25-15-23(21-11-13-29-17-21)26-12-10-19-4-2-3-5-20(19)16-26/h2-9,11,13,17,23H,10,12,14-16H2,1H3,(H,25,27)/t23-/m1/s1. The molecule has 1 aliphatic heterocycles. The minimum absolute atomic E-state index is 0.0489. The number of hydrogen-bond acceptors (Lipinski definition) is 4. The van der Waals surface area contributed by atoms with Crippen LogP contribution >= 0.6 is 11.3 Å². The Morgan fingerprint density at radius 1 is 1.14 bits per heavy atom. The van der Waals surface area contributed by atoms with Gasteiger partial charge in [0, 0.05) is 19.6 Å². The van der Waals surface area contributed by atoms with Crippen molar-refractivity contribution in [2.24, 2.45) is 0 Å². The van der Waals surface area contributed by atoms with E-state index in [4.69, 9.17) is 4.74 Å². The minimum atomic E-state index is 0.0489. The number of rotatable bonds is 7. The largest absolute Gasteiger partial charge is 0.497 e. The molecule has 2 aromatic carbocycles. The Labute approximate surface area is 176 Å². The van der Waals surface area contributed by atoms with E-state index < -0.39 is 0 Å². The summed E-state index contributed by atoms with van der Waals surface area (Å²) in [4.78, 5) is 15.0. The van der Waals surface area contributed by atoms with E-state index in [0.29, 0.717) is 13.0 Å². The molecule has 1 amide bonds. The summed E-state index contributed by atoms with van der Waals surface area (Å²) in [6.45, 7) is 2.55. The Balaban J connectivity index is 1.41. The van der Waals surface area contributed by atoms with Gasteiger partial charge in [-0.25, -0.2) is 0 Å². The average molecular weight is 407 g/mol. The van der Waals surface area contributed by atoms with Crippen molar-refractivity contribution in [1.29, 1.82) is 0 Å². The second-order valence-corrected chi connectivity index (χ2v) is 8.17. The van der Waals surface area contributed by atoms with E-state index in [1.165, 1.54) is 16.7 Å². The monoisotopic (exact) mass is 406 g/mol. The van der Waals surface area contributed by atoms with Gasteiger partial charge in [0.2, 0.25) is 5.91 Å². The van der Waals surface area contributed by atoms with Gasteiger partial charge in [-0.05, 0) is 57.6 Å². The zero-order valence-corrected chi connectivity index (χ0v) is 17.5. The highest BCUT2D eigenvalue weighted by molar-refractivity contribution is 7.07. The Kier molecular flexibility index (Phi) is 6.27. The maximum Gasteiger partial charge on any atom is 0.224 e. The lowest BCUT2D eigenvalue weighted by Gasteiger charge is -2.35. The van der Waals surface area contributed by atoms with Gasteiger partial charge in [-0.3, -0.25) is 9.69 Å². The van der Waals surface area contributed by atoms with Crippen molar-refractivity contribution in [2.75, 3.05) is 20.2 Å². The Morgan fingerprint density at radius 2 is 1.93 bits per heavy atom. The Morgan fingerprint density at radius 3 is 2.66 bits per heavy atom.